The van der Waals surface area contributed by atoms with Gasteiger partial charge in [0.1, 0.15) is 11.8 Å². The summed E-state index contributed by atoms with van der Waals surface area (Å²) in [5.41, 5.74) is -0.164. The van der Waals surface area contributed by atoms with Crippen LogP contribution in [-0.4, -0.2) is 14.5 Å². The predicted molar refractivity (Wildman–Crippen MR) is 60.4 cm³/mol. The van der Waals surface area contributed by atoms with Gasteiger partial charge in [0.2, 0.25) is 0 Å². The van der Waals surface area contributed by atoms with Crippen LogP contribution >= 0.6 is 22.6 Å². The van der Waals surface area contributed by atoms with E-state index in [2.05, 4.69) is 4.98 Å². The van der Waals surface area contributed by atoms with Crippen molar-refractivity contribution in [3.05, 3.63) is 32.1 Å². The first-order valence-corrected chi connectivity index (χ1v) is 5.17. The van der Waals surface area contributed by atoms with Gasteiger partial charge in [0.25, 0.3) is 5.69 Å². The summed E-state index contributed by atoms with van der Waals surface area (Å²) in [6.07, 6.45) is 2.18. The fourth-order valence-electron chi connectivity index (χ4n) is 1.33. The molecular weight excluding hydrogens is 335 g/mol. The smallest absolute Gasteiger partial charge is 0.274 e. The third kappa shape index (κ3) is 1.72. The molecule has 84 valence electrons. The maximum atomic E-state index is 12.6. The Bertz CT molecular complexity index is 570. The summed E-state index contributed by atoms with van der Waals surface area (Å²) >= 11 is 1.84. The summed E-state index contributed by atoms with van der Waals surface area (Å²) in [5, 5.41) is 10.9. The van der Waals surface area contributed by atoms with Gasteiger partial charge in [0, 0.05) is 21.2 Å². The minimum absolute atomic E-state index is 0.0463. The molecule has 0 aliphatic heterocycles. The molecule has 0 saturated heterocycles. The number of halogens is 3. The lowest BCUT2D eigenvalue weighted by molar-refractivity contribution is -0.385. The van der Waals surface area contributed by atoms with Crippen molar-refractivity contribution in [3.63, 3.8) is 0 Å². The van der Waals surface area contributed by atoms with Gasteiger partial charge < -0.3 is 0 Å². The standard InChI is InChI=1S/C8H4F2IN3O2/c9-8(10)13-3-6(11)5-1-4(14(15)16)2-12-7(5)13/h1-3,8H. The highest BCUT2D eigenvalue weighted by Gasteiger charge is 2.17. The number of fused-ring (bicyclic) bond motifs is 1. The molecule has 0 spiro atoms. The van der Waals surface area contributed by atoms with Crippen LogP contribution in [0.2, 0.25) is 0 Å². The van der Waals surface area contributed by atoms with Crippen LogP contribution in [0.5, 0.6) is 0 Å². The minimum Gasteiger partial charge on any atom is -0.274 e. The molecule has 0 aliphatic rings. The van der Waals surface area contributed by atoms with Gasteiger partial charge in [-0.05, 0) is 22.6 Å². The van der Waals surface area contributed by atoms with Gasteiger partial charge in [0.05, 0.1) is 4.92 Å². The van der Waals surface area contributed by atoms with Crippen molar-refractivity contribution < 1.29 is 13.7 Å². The van der Waals surface area contributed by atoms with E-state index < -0.39 is 11.5 Å². The van der Waals surface area contributed by atoms with E-state index in [1.54, 1.807) is 0 Å². The van der Waals surface area contributed by atoms with E-state index in [0.29, 0.717) is 13.5 Å². The van der Waals surface area contributed by atoms with Crippen molar-refractivity contribution >= 4 is 39.3 Å². The van der Waals surface area contributed by atoms with E-state index >= 15 is 0 Å². The van der Waals surface area contributed by atoms with Gasteiger partial charge in [-0.2, -0.15) is 8.78 Å². The van der Waals surface area contributed by atoms with Crippen LogP contribution in [-0.2, 0) is 0 Å². The van der Waals surface area contributed by atoms with E-state index in [0.717, 1.165) is 6.20 Å². The second-order valence-electron chi connectivity index (χ2n) is 2.98. The lowest BCUT2D eigenvalue weighted by atomic mass is 10.3. The Morgan fingerprint density at radius 2 is 2.25 bits per heavy atom. The van der Waals surface area contributed by atoms with Gasteiger partial charge in [0.15, 0.2) is 0 Å². The fourth-order valence-corrected chi connectivity index (χ4v) is 2.03. The summed E-state index contributed by atoms with van der Waals surface area (Å²) in [5.74, 6) is 0. The number of nitrogens with zero attached hydrogens (tertiary/aromatic N) is 3. The maximum Gasteiger partial charge on any atom is 0.320 e. The Labute approximate surface area is 101 Å². The monoisotopic (exact) mass is 339 g/mol. The van der Waals surface area contributed by atoms with Gasteiger partial charge in [-0.25, -0.2) is 4.98 Å². The van der Waals surface area contributed by atoms with Crippen LogP contribution in [0.3, 0.4) is 0 Å². The van der Waals surface area contributed by atoms with Crippen molar-refractivity contribution in [1.82, 2.24) is 9.55 Å². The minimum atomic E-state index is -2.71. The number of pyridine rings is 1. The molecular formula is C8H4F2IN3O2. The highest BCUT2D eigenvalue weighted by Crippen LogP contribution is 2.28. The molecule has 0 N–H and O–H groups in total. The highest BCUT2D eigenvalue weighted by atomic mass is 127. The summed E-state index contributed by atoms with van der Waals surface area (Å²) < 4.78 is 26.3. The zero-order valence-corrected chi connectivity index (χ0v) is 9.76. The lowest BCUT2D eigenvalue weighted by Gasteiger charge is -2.00. The van der Waals surface area contributed by atoms with Crippen molar-refractivity contribution in [3.8, 4) is 0 Å². The van der Waals surface area contributed by atoms with Crippen molar-refractivity contribution in [2.75, 3.05) is 0 Å². The highest BCUT2D eigenvalue weighted by molar-refractivity contribution is 14.1. The molecule has 0 amide bonds. The molecule has 0 bridgehead atoms. The summed E-state index contributed by atoms with van der Waals surface area (Å²) in [6.45, 7) is -2.71. The first-order valence-electron chi connectivity index (χ1n) is 4.09. The van der Waals surface area contributed by atoms with Gasteiger partial charge in [-0.3, -0.25) is 14.7 Å². The Morgan fingerprint density at radius 1 is 1.56 bits per heavy atom. The van der Waals surface area contributed by atoms with Gasteiger partial charge in [-0.15, -0.1) is 0 Å². The molecule has 0 radical (unpaired) electrons. The molecule has 2 heterocycles. The molecule has 0 aromatic carbocycles. The summed E-state index contributed by atoms with van der Waals surface area (Å²) in [6, 6.07) is 1.24. The van der Waals surface area contributed by atoms with E-state index in [1.165, 1.54) is 12.3 Å². The molecule has 2 rings (SSSR count). The maximum absolute atomic E-state index is 12.6. The van der Waals surface area contributed by atoms with E-state index in [1.807, 2.05) is 22.6 Å². The van der Waals surface area contributed by atoms with Crippen molar-refractivity contribution in [2.24, 2.45) is 0 Å². The molecule has 16 heavy (non-hydrogen) atoms. The van der Waals surface area contributed by atoms with Crippen LogP contribution in [0, 0.1) is 13.7 Å². The molecule has 0 saturated carbocycles. The normalized spacial score (nSPS) is 11.2. The molecule has 2 aromatic rings. The molecule has 0 fully saturated rings. The Balaban J connectivity index is 2.71. The molecule has 0 unspecified atom stereocenters. The van der Waals surface area contributed by atoms with Crippen molar-refractivity contribution in [2.45, 2.75) is 6.55 Å². The Morgan fingerprint density at radius 3 is 2.81 bits per heavy atom. The SMILES string of the molecule is O=[N+]([O-])c1cnc2c(c1)c(I)cn2C(F)F. The van der Waals surface area contributed by atoms with Gasteiger partial charge >= 0.3 is 6.55 Å². The van der Waals surface area contributed by atoms with Crippen LogP contribution in [0.4, 0.5) is 14.5 Å². The van der Waals surface area contributed by atoms with E-state index in [4.69, 9.17) is 0 Å². The number of alkyl halides is 2. The quantitative estimate of drug-likeness (QED) is 0.480. The van der Waals surface area contributed by atoms with Gasteiger partial charge in [-0.1, -0.05) is 0 Å². The Kier molecular flexibility index (Phi) is 2.74. The number of aromatic nitrogens is 2. The third-order valence-corrected chi connectivity index (χ3v) is 2.89. The zero-order chi connectivity index (χ0) is 11.9. The van der Waals surface area contributed by atoms with Crippen LogP contribution < -0.4 is 0 Å². The third-order valence-electron chi connectivity index (χ3n) is 2.03. The average Bonchev–Trinajstić information content (AvgIpc) is 2.56. The van der Waals surface area contributed by atoms with Crippen molar-refractivity contribution in [1.29, 1.82) is 0 Å². The Hall–Kier alpha value is -1.32. The fraction of sp³-hybridized carbons (Fsp3) is 0.125. The zero-order valence-electron chi connectivity index (χ0n) is 7.60. The average molecular weight is 339 g/mol. The van der Waals surface area contributed by atoms with Crippen LogP contribution in [0.25, 0.3) is 11.0 Å². The molecule has 8 heteroatoms. The topological polar surface area (TPSA) is 61.0 Å². The molecule has 0 aliphatic carbocycles. The predicted octanol–water partition coefficient (Wildman–Crippen LogP) is 2.94. The summed E-state index contributed by atoms with van der Waals surface area (Å²) in [4.78, 5) is 13.6. The molecule has 0 atom stereocenters. The second kappa shape index (κ2) is 3.92. The largest absolute Gasteiger partial charge is 0.320 e. The number of rotatable bonds is 2. The van der Waals surface area contributed by atoms with Crippen LogP contribution in [0.1, 0.15) is 6.55 Å². The molecule has 2 aromatic heterocycles. The van der Waals surface area contributed by atoms with E-state index in [9.17, 15) is 18.9 Å². The number of hydrogen-bond acceptors (Lipinski definition) is 3. The number of hydrogen-bond donors (Lipinski definition) is 0. The second-order valence-corrected chi connectivity index (χ2v) is 4.15. The molecule has 5 nitrogen and oxygen atoms in total. The first kappa shape index (κ1) is 11.2. The first-order chi connectivity index (χ1) is 7.50. The van der Waals surface area contributed by atoms with Crippen LogP contribution in [0.15, 0.2) is 18.5 Å². The number of nitro groups is 1. The lowest BCUT2D eigenvalue weighted by Crippen LogP contribution is -1.97. The summed E-state index contributed by atoms with van der Waals surface area (Å²) in [7, 11) is 0. The van der Waals surface area contributed by atoms with E-state index in [-0.39, 0.29) is 11.3 Å².